The quantitative estimate of drug-likeness (QED) is 0.158. The molecule has 2 aromatic carbocycles. The lowest BCUT2D eigenvalue weighted by molar-refractivity contribution is -0.384. The van der Waals surface area contributed by atoms with Crippen LogP contribution in [0.3, 0.4) is 0 Å². The van der Waals surface area contributed by atoms with E-state index in [4.69, 9.17) is 37.1 Å². The molecule has 0 aliphatic heterocycles. The van der Waals surface area contributed by atoms with Gasteiger partial charge in [0, 0.05) is 17.2 Å². The summed E-state index contributed by atoms with van der Waals surface area (Å²) in [7, 11) is 1.44. The van der Waals surface area contributed by atoms with E-state index in [1.807, 2.05) is 13.8 Å². The minimum Gasteiger partial charge on any atom is -0.496 e. The molecular weight excluding hydrogens is 563 g/mol. The number of benzene rings is 2. The van der Waals surface area contributed by atoms with E-state index >= 15 is 0 Å². The fraction of sp³-hybridized carbons (Fsp3) is 0.296. The standard InChI is InChI=1S/C27H28Cl2N4O7/c1-15(2)11-22(31-26(34)16(3)39-25-8-5-17(28)12-21(25)29)27(35)32-30-14-19-7-10-24(40-19)20-13-18(33(36)37)6-9-23(20)38-4/h5-10,12-16,22H,11H2,1-4H3,(H,31,34)(H,32,35)/b30-14-/t16-,22-/m0/s1. The molecule has 0 bridgehead atoms. The fourth-order valence-electron chi connectivity index (χ4n) is 3.61. The Bertz CT molecular complexity index is 1410. The van der Waals surface area contributed by atoms with Crippen molar-refractivity contribution >= 4 is 46.9 Å². The summed E-state index contributed by atoms with van der Waals surface area (Å²) in [5.41, 5.74) is 2.67. The first kappa shape index (κ1) is 30.5. The summed E-state index contributed by atoms with van der Waals surface area (Å²) >= 11 is 12.0. The number of nitro benzene ring substituents is 1. The molecule has 0 spiro atoms. The number of hydrogen-bond donors (Lipinski definition) is 2. The fourth-order valence-corrected chi connectivity index (χ4v) is 4.07. The van der Waals surface area contributed by atoms with Crippen molar-refractivity contribution in [1.29, 1.82) is 0 Å². The maximum atomic E-state index is 12.9. The monoisotopic (exact) mass is 590 g/mol. The normalized spacial score (nSPS) is 12.7. The van der Waals surface area contributed by atoms with Crippen LogP contribution in [-0.4, -0.2) is 42.2 Å². The van der Waals surface area contributed by atoms with Crippen molar-refractivity contribution in [3.63, 3.8) is 0 Å². The van der Waals surface area contributed by atoms with Crippen molar-refractivity contribution in [2.75, 3.05) is 7.11 Å². The summed E-state index contributed by atoms with van der Waals surface area (Å²) in [6, 6.07) is 11.1. The summed E-state index contributed by atoms with van der Waals surface area (Å²) < 4.78 is 16.6. The maximum Gasteiger partial charge on any atom is 0.270 e. The molecule has 2 atom stereocenters. The van der Waals surface area contributed by atoms with E-state index in [-0.39, 0.29) is 28.1 Å². The largest absolute Gasteiger partial charge is 0.496 e. The Balaban J connectivity index is 1.65. The minimum atomic E-state index is -0.947. The predicted molar refractivity (Wildman–Crippen MR) is 151 cm³/mol. The molecule has 40 heavy (non-hydrogen) atoms. The first-order chi connectivity index (χ1) is 19.0. The Labute approximate surface area is 240 Å². The number of carbonyl (C=O) groups excluding carboxylic acids is 2. The van der Waals surface area contributed by atoms with E-state index in [0.717, 1.165) is 0 Å². The van der Waals surface area contributed by atoms with Gasteiger partial charge in [-0.2, -0.15) is 5.10 Å². The highest BCUT2D eigenvalue weighted by Gasteiger charge is 2.25. The van der Waals surface area contributed by atoms with Gasteiger partial charge in [-0.1, -0.05) is 37.0 Å². The van der Waals surface area contributed by atoms with Gasteiger partial charge in [0.15, 0.2) is 6.10 Å². The number of hydrogen-bond acceptors (Lipinski definition) is 8. The number of rotatable bonds is 12. The van der Waals surface area contributed by atoms with Gasteiger partial charge in [-0.3, -0.25) is 19.7 Å². The third-order valence-electron chi connectivity index (χ3n) is 5.56. The molecule has 0 saturated heterocycles. The molecule has 0 fully saturated rings. The van der Waals surface area contributed by atoms with Gasteiger partial charge in [0.1, 0.15) is 29.1 Å². The highest BCUT2D eigenvalue weighted by atomic mass is 35.5. The number of nitro groups is 1. The van der Waals surface area contributed by atoms with E-state index in [9.17, 15) is 19.7 Å². The molecule has 1 heterocycles. The molecule has 0 saturated carbocycles. The van der Waals surface area contributed by atoms with Gasteiger partial charge in [0.25, 0.3) is 17.5 Å². The number of methoxy groups -OCH3 is 1. The molecular formula is C27H28Cl2N4O7. The predicted octanol–water partition coefficient (Wildman–Crippen LogP) is 5.62. The third-order valence-corrected chi connectivity index (χ3v) is 6.09. The lowest BCUT2D eigenvalue weighted by Crippen LogP contribution is -2.49. The van der Waals surface area contributed by atoms with Crippen LogP contribution < -0.4 is 20.2 Å². The Hall–Kier alpha value is -4.09. The summed E-state index contributed by atoms with van der Waals surface area (Å²) in [5, 5.41) is 18.5. The van der Waals surface area contributed by atoms with Gasteiger partial charge in [0.05, 0.1) is 28.8 Å². The number of nitrogens with zero attached hydrogens (tertiary/aromatic N) is 2. The van der Waals surface area contributed by atoms with Crippen molar-refractivity contribution in [3.05, 3.63) is 74.5 Å². The zero-order valence-electron chi connectivity index (χ0n) is 22.1. The summed E-state index contributed by atoms with van der Waals surface area (Å²) in [6.07, 6.45) is 0.671. The number of non-ortho nitro benzene ring substituents is 1. The molecule has 3 aromatic rings. The number of nitrogens with one attached hydrogen (secondary N) is 2. The van der Waals surface area contributed by atoms with Crippen LogP contribution in [0.15, 0.2) is 58.0 Å². The number of ether oxygens (including phenoxy) is 2. The molecule has 0 aliphatic carbocycles. The van der Waals surface area contributed by atoms with E-state index in [2.05, 4.69) is 15.8 Å². The van der Waals surface area contributed by atoms with Crippen LogP contribution in [0.4, 0.5) is 5.69 Å². The molecule has 13 heteroatoms. The maximum absolute atomic E-state index is 12.9. The topological polar surface area (TPSA) is 145 Å². The number of carbonyl (C=O) groups is 2. The van der Waals surface area contributed by atoms with E-state index < -0.39 is 28.9 Å². The van der Waals surface area contributed by atoms with Gasteiger partial charge in [-0.15, -0.1) is 0 Å². The highest BCUT2D eigenvalue weighted by Crippen LogP contribution is 2.34. The van der Waals surface area contributed by atoms with Crippen molar-refractivity contribution < 1.29 is 28.4 Å². The average Bonchev–Trinajstić information content (AvgIpc) is 3.37. The van der Waals surface area contributed by atoms with E-state index in [1.54, 1.807) is 24.3 Å². The van der Waals surface area contributed by atoms with Crippen LogP contribution in [0.1, 0.15) is 33.0 Å². The van der Waals surface area contributed by atoms with Gasteiger partial charge in [-0.25, -0.2) is 5.43 Å². The van der Waals surface area contributed by atoms with Gasteiger partial charge in [-0.05, 0) is 55.7 Å². The SMILES string of the molecule is COc1ccc([N+](=O)[O-])cc1-c1ccc(/C=N\NC(=O)[C@H](CC(C)C)NC(=O)[C@H](C)Oc2ccc(Cl)cc2Cl)o1. The number of halogens is 2. The van der Waals surface area contributed by atoms with Gasteiger partial charge < -0.3 is 19.2 Å². The van der Waals surface area contributed by atoms with Crippen molar-refractivity contribution in [2.24, 2.45) is 11.0 Å². The molecule has 3 rings (SSSR count). The van der Waals surface area contributed by atoms with Crippen LogP contribution in [0.25, 0.3) is 11.3 Å². The molecule has 11 nitrogen and oxygen atoms in total. The van der Waals surface area contributed by atoms with E-state index in [1.165, 1.54) is 44.5 Å². The van der Waals surface area contributed by atoms with E-state index in [0.29, 0.717) is 28.5 Å². The summed E-state index contributed by atoms with van der Waals surface area (Å²) in [6.45, 7) is 5.36. The highest BCUT2D eigenvalue weighted by molar-refractivity contribution is 6.35. The zero-order chi connectivity index (χ0) is 29.4. The molecule has 0 unspecified atom stereocenters. The van der Waals surface area contributed by atoms with Crippen molar-refractivity contribution in [3.8, 4) is 22.8 Å². The minimum absolute atomic E-state index is 0.0829. The molecule has 212 valence electrons. The molecule has 2 N–H and O–H groups in total. The average molecular weight is 591 g/mol. The second-order valence-electron chi connectivity index (χ2n) is 9.10. The van der Waals surface area contributed by atoms with Gasteiger partial charge in [0.2, 0.25) is 0 Å². The Kier molecular flexibility index (Phi) is 10.5. The van der Waals surface area contributed by atoms with Crippen LogP contribution in [0.5, 0.6) is 11.5 Å². The first-order valence-electron chi connectivity index (χ1n) is 12.2. The smallest absolute Gasteiger partial charge is 0.270 e. The zero-order valence-corrected chi connectivity index (χ0v) is 23.7. The Morgan fingerprint density at radius 2 is 1.80 bits per heavy atom. The van der Waals surface area contributed by atoms with Crippen molar-refractivity contribution in [2.45, 2.75) is 39.3 Å². The van der Waals surface area contributed by atoms with Gasteiger partial charge >= 0.3 is 0 Å². The first-order valence-corrected chi connectivity index (χ1v) is 12.9. The second kappa shape index (κ2) is 13.8. The molecule has 0 radical (unpaired) electrons. The Morgan fingerprint density at radius 3 is 2.45 bits per heavy atom. The Morgan fingerprint density at radius 1 is 1.07 bits per heavy atom. The number of amides is 2. The lowest BCUT2D eigenvalue weighted by atomic mass is 10.0. The van der Waals surface area contributed by atoms with Crippen LogP contribution in [0.2, 0.25) is 10.0 Å². The third kappa shape index (κ3) is 8.20. The van der Waals surface area contributed by atoms with Crippen molar-refractivity contribution in [1.82, 2.24) is 10.7 Å². The molecule has 0 aliphatic rings. The lowest BCUT2D eigenvalue weighted by Gasteiger charge is -2.22. The van der Waals surface area contributed by atoms with Crippen LogP contribution >= 0.6 is 23.2 Å². The second-order valence-corrected chi connectivity index (χ2v) is 9.95. The summed E-state index contributed by atoms with van der Waals surface area (Å²) in [5.74, 6) is 0.284. The number of hydrazone groups is 1. The molecule has 1 aromatic heterocycles. The van der Waals surface area contributed by atoms with Crippen LogP contribution in [0, 0.1) is 16.0 Å². The molecule has 2 amide bonds. The summed E-state index contributed by atoms with van der Waals surface area (Å²) in [4.78, 5) is 36.3. The number of furan rings is 1. The van der Waals surface area contributed by atoms with Crippen LogP contribution in [-0.2, 0) is 9.59 Å².